The van der Waals surface area contributed by atoms with Crippen molar-refractivity contribution >= 4 is 23.8 Å². The van der Waals surface area contributed by atoms with Crippen LogP contribution in [0.3, 0.4) is 0 Å². The molecule has 1 aliphatic carbocycles. The van der Waals surface area contributed by atoms with Gasteiger partial charge >= 0.3 is 12.0 Å². The highest BCUT2D eigenvalue weighted by molar-refractivity contribution is 7.99. The minimum absolute atomic E-state index is 0.212. The van der Waals surface area contributed by atoms with E-state index in [0.717, 1.165) is 18.7 Å². The lowest BCUT2D eigenvalue weighted by Gasteiger charge is -2.27. The smallest absolute Gasteiger partial charge is 0.338 e. The minimum atomic E-state index is -0.740. The van der Waals surface area contributed by atoms with E-state index in [0.29, 0.717) is 22.5 Å². The van der Waals surface area contributed by atoms with Crippen molar-refractivity contribution in [2.45, 2.75) is 36.9 Å². The topological polar surface area (TPSA) is 137 Å². The molecular weight excluding hydrogens is 384 g/mol. The average Bonchev–Trinajstić information content (AvgIpc) is 3.22. The molecule has 2 aliphatic rings. The first-order chi connectivity index (χ1) is 13.6. The molecule has 10 nitrogen and oxygen atoms in total. The van der Waals surface area contributed by atoms with Gasteiger partial charge in [0.2, 0.25) is 5.16 Å². The Bertz CT molecular complexity index is 918. The fourth-order valence-corrected chi connectivity index (χ4v) is 3.83. The Labute approximate surface area is 164 Å². The predicted octanol–water partition coefficient (Wildman–Crippen LogP) is 1.43. The number of urea groups is 1. The number of rotatable bonds is 7. The van der Waals surface area contributed by atoms with Crippen LogP contribution in [0.25, 0.3) is 0 Å². The molecule has 3 heterocycles. The van der Waals surface area contributed by atoms with Crippen LogP contribution in [-0.2, 0) is 9.53 Å². The van der Waals surface area contributed by atoms with Crippen molar-refractivity contribution in [1.82, 2.24) is 25.5 Å². The Balaban J connectivity index is 1.62. The number of carbonyl (C=O) groups excluding carboxylic acids is 2. The number of nitrogen functional groups attached to an aromatic ring is 1. The van der Waals surface area contributed by atoms with Crippen LogP contribution in [0.5, 0.6) is 0 Å². The van der Waals surface area contributed by atoms with E-state index in [1.54, 1.807) is 19.1 Å². The standard InChI is InChI=1S/C17H20N6O4S/c1-2-26-15(24)12-10(19-16(25)20-13(12)11-4-3-7-27-11)8-28-17-22-21-14(23(17)18)9-5-6-9/h3-4,7,9,13H,2,5-6,8,18H2,1H3,(H2,19,20,25). The van der Waals surface area contributed by atoms with Gasteiger partial charge in [-0.2, -0.15) is 0 Å². The summed E-state index contributed by atoms with van der Waals surface area (Å²) in [5.41, 5.74) is 0.707. The van der Waals surface area contributed by atoms with E-state index < -0.39 is 18.0 Å². The van der Waals surface area contributed by atoms with Gasteiger partial charge in [0.25, 0.3) is 0 Å². The number of esters is 1. The van der Waals surface area contributed by atoms with Gasteiger partial charge in [0.15, 0.2) is 5.82 Å². The largest absolute Gasteiger partial charge is 0.467 e. The number of thioether (sulfide) groups is 1. The van der Waals surface area contributed by atoms with E-state index in [1.807, 2.05) is 0 Å². The molecule has 0 saturated heterocycles. The molecule has 0 radical (unpaired) electrons. The average molecular weight is 404 g/mol. The number of carbonyl (C=O) groups is 2. The number of nitrogens with one attached hydrogen (secondary N) is 2. The SMILES string of the molecule is CCOC(=O)C1=C(CSc2nnc(C3CC3)n2N)NC(=O)NC1c1ccco1. The van der Waals surface area contributed by atoms with Crippen LogP contribution in [0.15, 0.2) is 39.2 Å². The van der Waals surface area contributed by atoms with Crippen molar-refractivity contribution < 1.29 is 18.7 Å². The lowest BCUT2D eigenvalue weighted by Crippen LogP contribution is -2.46. The quantitative estimate of drug-likeness (QED) is 0.358. The molecule has 1 saturated carbocycles. The maximum absolute atomic E-state index is 12.6. The first kappa shape index (κ1) is 18.4. The Hall–Kier alpha value is -2.95. The Morgan fingerprint density at radius 1 is 1.46 bits per heavy atom. The molecule has 0 spiro atoms. The van der Waals surface area contributed by atoms with Crippen molar-refractivity contribution in [3.63, 3.8) is 0 Å². The summed E-state index contributed by atoms with van der Waals surface area (Å²) < 4.78 is 12.1. The van der Waals surface area contributed by atoms with E-state index >= 15 is 0 Å². The van der Waals surface area contributed by atoms with Gasteiger partial charge in [0.05, 0.1) is 18.4 Å². The number of hydrogen-bond donors (Lipinski definition) is 3. The third kappa shape index (κ3) is 3.57. The molecule has 11 heteroatoms. The molecule has 148 valence electrons. The monoisotopic (exact) mass is 404 g/mol. The fraction of sp³-hybridized carbons (Fsp3) is 0.412. The number of nitrogens with two attached hydrogens (primary N) is 1. The van der Waals surface area contributed by atoms with Crippen molar-refractivity contribution in [1.29, 1.82) is 0 Å². The van der Waals surface area contributed by atoms with Crippen LogP contribution in [0.2, 0.25) is 0 Å². The molecule has 4 N–H and O–H groups in total. The summed E-state index contributed by atoms with van der Waals surface area (Å²) >= 11 is 1.29. The Morgan fingerprint density at radius 2 is 2.29 bits per heavy atom. The third-order valence-electron chi connectivity index (χ3n) is 4.46. The fourth-order valence-electron chi connectivity index (χ4n) is 2.99. The number of nitrogens with zero attached hydrogens (tertiary/aromatic N) is 3. The van der Waals surface area contributed by atoms with Gasteiger partial charge in [-0.1, -0.05) is 11.8 Å². The van der Waals surface area contributed by atoms with E-state index in [2.05, 4.69) is 20.8 Å². The molecule has 28 heavy (non-hydrogen) atoms. The number of ether oxygens (including phenoxy) is 1. The van der Waals surface area contributed by atoms with Crippen molar-refractivity contribution in [2.24, 2.45) is 0 Å². The summed E-state index contributed by atoms with van der Waals surface area (Å²) in [5, 5.41) is 14.2. The Kier molecular flexibility index (Phi) is 4.99. The highest BCUT2D eigenvalue weighted by Gasteiger charge is 2.36. The molecule has 4 rings (SSSR count). The molecule has 2 aromatic rings. The molecule has 1 atom stereocenters. The molecule has 2 aromatic heterocycles. The highest BCUT2D eigenvalue weighted by atomic mass is 32.2. The molecule has 2 amide bonds. The van der Waals surface area contributed by atoms with E-state index in [-0.39, 0.29) is 17.9 Å². The molecule has 1 aliphatic heterocycles. The van der Waals surface area contributed by atoms with Crippen LogP contribution in [0.1, 0.15) is 43.3 Å². The van der Waals surface area contributed by atoms with Crippen molar-refractivity contribution in [3.05, 3.63) is 41.3 Å². The van der Waals surface area contributed by atoms with Crippen molar-refractivity contribution in [3.8, 4) is 0 Å². The minimum Gasteiger partial charge on any atom is -0.467 e. The van der Waals surface area contributed by atoms with Crippen LogP contribution >= 0.6 is 11.8 Å². The number of hydrogen-bond acceptors (Lipinski definition) is 8. The Morgan fingerprint density at radius 3 is 2.96 bits per heavy atom. The van der Waals surface area contributed by atoms with Crippen LogP contribution in [-0.4, -0.2) is 39.2 Å². The second kappa shape index (κ2) is 7.58. The lowest BCUT2D eigenvalue weighted by molar-refractivity contribution is -0.139. The second-order valence-corrected chi connectivity index (χ2v) is 7.38. The van der Waals surface area contributed by atoms with Crippen LogP contribution in [0, 0.1) is 0 Å². The van der Waals surface area contributed by atoms with Crippen LogP contribution in [0.4, 0.5) is 4.79 Å². The summed E-state index contributed by atoms with van der Waals surface area (Å²) in [6, 6.07) is 2.21. The van der Waals surface area contributed by atoms with Crippen molar-refractivity contribution in [2.75, 3.05) is 18.2 Å². The number of aromatic nitrogens is 3. The summed E-state index contributed by atoms with van der Waals surface area (Å²) in [5.74, 6) is 7.38. The van der Waals surface area contributed by atoms with Gasteiger partial charge in [-0.3, -0.25) is 0 Å². The highest BCUT2D eigenvalue weighted by Crippen LogP contribution is 2.39. The molecule has 0 bridgehead atoms. The summed E-state index contributed by atoms with van der Waals surface area (Å²) in [6.45, 7) is 1.93. The van der Waals surface area contributed by atoms with Gasteiger partial charge in [-0.05, 0) is 31.9 Å². The molecular formula is C17H20N6O4S. The number of amides is 2. The maximum Gasteiger partial charge on any atom is 0.338 e. The zero-order valence-corrected chi connectivity index (χ0v) is 16.0. The lowest BCUT2D eigenvalue weighted by atomic mass is 10.0. The third-order valence-corrected chi connectivity index (χ3v) is 5.43. The molecule has 1 fully saturated rings. The summed E-state index contributed by atoms with van der Waals surface area (Å²) in [6.07, 6.45) is 3.60. The summed E-state index contributed by atoms with van der Waals surface area (Å²) in [7, 11) is 0. The van der Waals surface area contributed by atoms with E-state index in [9.17, 15) is 9.59 Å². The molecule has 1 unspecified atom stereocenters. The van der Waals surface area contributed by atoms with Gasteiger partial charge < -0.3 is 25.6 Å². The number of furan rings is 1. The van der Waals surface area contributed by atoms with Gasteiger partial charge in [-0.15, -0.1) is 10.2 Å². The van der Waals surface area contributed by atoms with Gasteiger partial charge in [0.1, 0.15) is 11.8 Å². The zero-order chi connectivity index (χ0) is 19.7. The van der Waals surface area contributed by atoms with E-state index in [4.69, 9.17) is 15.0 Å². The normalized spacial score (nSPS) is 19.3. The maximum atomic E-state index is 12.6. The second-order valence-electron chi connectivity index (χ2n) is 6.43. The predicted molar refractivity (Wildman–Crippen MR) is 99.6 cm³/mol. The zero-order valence-electron chi connectivity index (χ0n) is 15.2. The first-order valence-corrected chi connectivity index (χ1v) is 9.91. The van der Waals surface area contributed by atoms with E-state index in [1.165, 1.54) is 22.7 Å². The molecule has 0 aromatic carbocycles. The summed E-state index contributed by atoms with van der Waals surface area (Å²) in [4.78, 5) is 24.8. The van der Waals surface area contributed by atoms with Crippen LogP contribution < -0.4 is 16.5 Å². The van der Waals surface area contributed by atoms with Gasteiger partial charge in [0, 0.05) is 17.4 Å². The van der Waals surface area contributed by atoms with Gasteiger partial charge in [-0.25, -0.2) is 14.3 Å². The first-order valence-electron chi connectivity index (χ1n) is 8.92.